The summed E-state index contributed by atoms with van der Waals surface area (Å²) >= 11 is 0. The molecule has 1 fully saturated rings. The zero-order valence-electron chi connectivity index (χ0n) is 18.5. The van der Waals surface area contributed by atoms with Crippen LogP contribution in [0.2, 0.25) is 0 Å². The molecule has 2 aliphatic heterocycles. The van der Waals surface area contributed by atoms with E-state index in [0.717, 1.165) is 37.1 Å². The van der Waals surface area contributed by atoms with Crippen molar-refractivity contribution in [3.8, 4) is 17.2 Å². The van der Waals surface area contributed by atoms with Crippen LogP contribution in [-0.4, -0.2) is 34.4 Å². The van der Waals surface area contributed by atoms with Crippen molar-refractivity contribution in [1.29, 1.82) is 0 Å². The van der Waals surface area contributed by atoms with Gasteiger partial charge in [0.2, 0.25) is 5.78 Å². The van der Waals surface area contributed by atoms with Gasteiger partial charge < -0.3 is 14.6 Å². The standard InChI is InChI=1S/C27H26N2O4/c1-32-20-9-7-18(8-10-20)15-25-26(31)21-11-12-24(30)22(27(21)33-25)17-29-14-3-2-6-23(29)19-5-4-13-28-16-19/h4-5,7-13,15-16,23,30H,2-3,6,14,17H2,1H3/t23-/m0/s1. The quantitative estimate of drug-likeness (QED) is 0.552. The molecule has 0 spiro atoms. The molecule has 3 heterocycles. The smallest absolute Gasteiger partial charge is 0.231 e. The van der Waals surface area contributed by atoms with Crippen molar-refractivity contribution in [1.82, 2.24) is 9.88 Å². The minimum atomic E-state index is -0.176. The SMILES string of the molecule is COc1ccc(C=C2Oc3c(ccc(O)c3CN3CCCC[C@H]3c3cccnc3)C2=O)cc1. The number of benzene rings is 2. The van der Waals surface area contributed by atoms with E-state index in [9.17, 15) is 9.90 Å². The number of nitrogens with zero attached hydrogens (tertiary/aromatic N) is 2. The van der Waals surface area contributed by atoms with Crippen LogP contribution in [0.5, 0.6) is 17.2 Å². The monoisotopic (exact) mass is 442 g/mol. The first-order chi connectivity index (χ1) is 16.1. The summed E-state index contributed by atoms with van der Waals surface area (Å²) in [6.45, 7) is 1.41. The van der Waals surface area contributed by atoms with Gasteiger partial charge in [0.15, 0.2) is 5.76 Å². The number of aromatic hydroxyl groups is 1. The number of likely N-dealkylation sites (tertiary alicyclic amines) is 1. The molecule has 0 aliphatic carbocycles. The Labute approximate surface area is 193 Å². The van der Waals surface area contributed by atoms with Crippen LogP contribution in [0.1, 0.15) is 52.4 Å². The van der Waals surface area contributed by atoms with Crippen LogP contribution in [-0.2, 0) is 6.54 Å². The minimum Gasteiger partial charge on any atom is -0.507 e. The molecule has 1 atom stereocenters. The van der Waals surface area contributed by atoms with Gasteiger partial charge in [0.05, 0.1) is 18.2 Å². The van der Waals surface area contributed by atoms with Crippen LogP contribution < -0.4 is 9.47 Å². The summed E-state index contributed by atoms with van der Waals surface area (Å²) in [6, 6.07) is 14.9. The Bertz CT molecular complexity index is 1190. The molecular weight excluding hydrogens is 416 g/mol. The Hall–Kier alpha value is -3.64. The Morgan fingerprint density at radius 3 is 2.79 bits per heavy atom. The van der Waals surface area contributed by atoms with Gasteiger partial charge in [-0.3, -0.25) is 14.7 Å². The summed E-state index contributed by atoms with van der Waals surface area (Å²) in [5.41, 5.74) is 3.14. The highest BCUT2D eigenvalue weighted by molar-refractivity contribution is 6.15. The van der Waals surface area contributed by atoms with Gasteiger partial charge in [0.25, 0.3) is 0 Å². The van der Waals surface area contributed by atoms with Crippen LogP contribution in [0.15, 0.2) is 66.7 Å². The molecule has 0 saturated carbocycles. The van der Waals surface area contributed by atoms with E-state index in [-0.39, 0.29) is 23.3 Å². The van der Waals surface area contributed by atoms with Gasteiger partial charge in [-0.2, -0.15) is 0 Å². The molecule has 2 aliphatic rings. The lowest BCUT2D eigenvalue weighted by Crippen LogP contribution is -2.33. The third-order valence-electron chi connectivity index (χ3n) is 6.37. The average molecular weight is 443 g/mol. The molecule has 1 N–H and O–H groups in total. The molecule has 6 nitrogen and oxygen atoms in total. The van der Waals surface area contributed by atoms with Gasteiger partial charge in [0, 0.05) is 25.0 Å². The van der Waals surface area contributed by atoms with Crippen molar-refractivity contribution in [2.45, 2.75) is 31.8 Å². The first kappa shape index (κ1) is 21.2. The first-order valence-corrected chi connectivity index (χ1v) is 11.2. The number of ether oxygens (including phenoxy) is 2. The number of fused-ring (bicyclic) bond motifs is 1. The third kappa shape index (κ3) is 4.22. The number of methoxy groups -OCH3 is 1. The van der Waals surface area contributed by atoms with Crippen LogP contribution in [0.25, 0.3) is 6.08 Å². The molecule has 6 heteroatoms. The Kier molecular flexibility index (Phi) is 5.84. The maximum Gasteiger partial charge on any atom is 0.231 e. The van der Waals surface area contributed by atoms with Gasteiger partial charge in [-0.1, -0.05) is 24.6 Å². The van der Waals surface area contributed by atoms with Crippen molar-refractivity contribution in [2.75, 3.05) is 13.7 Å². The Morgan fingerprint density at radius 2 is 2.03 bits per heavy atom. The molecular formula is C27H26N2O4. The predicted molar refractivity (Wildman–Crippen MR) is 125 cm³/mol. The van der Waals surface area contributed by atoms with Gasteiger partial charge in [0.1, 0.15) is 17.2 Å². The molecule has 1 saturated heterocycles. The number of phenolic OH excluding ortho intramolecular Hbond substituents is 1. The van der Waals surface area contributed by atoms with Crippen molar-refractivity contribution < 1.29 is 19.4 Å². The third-order valence-corrected chi connectivity index (χ3v) is 6.37. The highest BCUT2D eigenvalue weighted by Gasteiger charge is 2.33. The molecule has 33 heavy (non-hydrogen) atoms. The lowest BCUT2D eigenvalue weighted by Gasteiger charge is -2.36. The maximum atomic E-state index is 13.0. The molecule has 5 rings (SSSR count). The molecule has 168 valence electrons. The van der Waals surface area contributed by atoms with E-state index >= 15 is 0 Å². The van der Waals surface area contributed by atoms with E-state index < -0.39 is 0 Å². The fourth-order valence-corrected chi connectivity index (χ4v) is 4.64. The summed E-state index contributed by atoms with van der Waals surface area (Å²) in [6.07, 6.45) is 8.69. The number of pyridine rings is 1. The van der Waals surface area contributed by atoms with Gasteiger partial charge >= 0.3 is 0 Å². The number of phenols is 1. The van der Waals surface area contributed by atoms with Gasteiger partial charge in [-0.15, -0.1) is 0 Å². The minimum absolute atomic E-state index is 0.141. The van der Waals surface area contributed by atoms with E-state index in [1.54, 1.807) is 31.5 Å². The zero-order valence-corrected chi connectivity index (χ0v) is 18.5. The molecule has 0 amide bonds. The van der Waals surface area contributed by atoms with E-state index in [0.29, 0.717) is 23.4 Å². The summed E-state index contributed by atoms with van der Waals surface area (Å²) in [4.78, 5) is 19.7. The van der Waals surface area contributed by atoms with E-state index in [1.807, 2.05) is 36.5 Å². The van der Waals surface area contributed by atoms with Gasteiger partial charge in [-0.25, -0.2) is 0 Å². The van der Waals surface area contributed by atoms with Crippen LogP contribution in [0, 0.1) is 0 Å². The number of aromatic nitrogens is 1. The summed E-state index contributed by atoms with van der Waals surface area (Å²) in [5.74, 6) is 1.42. The van der Waals surface area contributed by atoms with Crippen molar-refractivity contribution in [2.24, 2.45) is 0 Å². The largest absolute Gasteiger partial charge is 0.507 e. The molecule has 0 radical (unpaired) electrons. The maximum absolute atomic E-state index is 13.0. The molecule has 0 unspecified atom stereocenters. The van der Waals surface area contributed by atoms with Crippen LogP contribution in [0.3, 0.4) is 0 Å². The van der Waals surface area contributed by atoms with Crippen molar-refractivity contribution in [3.63, 3.8) is 0 Å². The Morgan fingerprint density at radius 1 is 1.18 bits per heavy atom. The summed E-state index contributed by atoms with van der Waals surface area (Å²) < 4.78 is 11.3. The topological polar surface area (TPSA) is 71.9 Å². The highest BCUT2D eigenvalue weighted by atomic mass is 16.5. The van der Waals surface area contributed by atoms with Crippen molar-refractivity contribution in [3.05, 3.63) is 88.9 Å². The fraction of sp³-hybridized carbons (Fsp3) is 0.259. The zero-order chi connectivity index (χ0) is 22.8. The summed E-state index contributed by atoms with van der Waals surface area (Å²) in [7, 11) is 1.61. The number of carbonyl (C=O) groups excluding carboxylic acids is 1. The predicted octanol–water partition coefficient (Wildman–Crippen LogP) is 5.14. The molecule has 0 bridgehead atoms. The molecule has 2 aromatic carbocycles. The number of ketones is 1. The number of allylic oxidation sites excluding steroid dienone is 1. The van der Waals surface area contributed by atoms with Crippen LogP contribution in [0.4, 0.5) is 0 Å². The molecule has 3 aromatic rings. The normalized spacial score (nSPS) is 19.4. The Balaban J connectivity index is 1.44. The lowest BCUT2D eigenvalue weighted by atomic mass is 9.95. The first-order valence-electron chi connectivity index (χ1n) is 11.2. The second-order valence-corrected chi connectivity index (χ2v) is 8.42. The second kappa shape index (κ2) is 9.08. The number of rotatable bonds is 5. The second-order valence-electron chi connectivity index (χ2n) is 8.42. The van der Waals surface area contributed by atoms with Gasteiger partial charge in [-0.05, 0) is 66.9 Å². The fourth-order valence-electron chi connectivity index (χ4n) is 4.64. The highest BCUT2D eigenvalue weighted by Crippen LogP contribution is 2.42. The average Bonchev–Trinajstić information content (AvgIpc) is 3.17. The molecule has 1 aromatic heterocycles. The lowest BCUT2D eigenvalue weighted by molar-refractivity contribution is 0.101. The van der Waals surface area contributed by atoms with Crippen molar-refractivity contribution >= 4 is 11.9 Å². The van der Waals surface area contributed by atoms with E-state index in [4.69, 9.17) is 9.47 Å². The number of hydrogen-bond acceptors (Lipinski definition) is 6. The van der Waals surface area contributed by atoms with E-state index in [2.05, 4.69) is 16.0 Å². The number of hydrogen-bond donors (Lipinski definition) is 1. The number of piperidine rings is 1. The number of carbonyl (C=O) groups is 1. The summed E-state index contributed by atoms with van der Waals surface area (Å²) in [5, 5.41) is 10.7. The number of Topliss-reactive ketones (excluding diaryl/α,β-unsaturated/α-hetero) is 1. The van der Waals surface area contributed by atoms with E-state index in [1.165, 1.54) is 5.56 Å². The van der Waals surface area contributed by atoms with Crippen LogP contribution >= 0.6 is 0 Å².